The summed E-state index contributed by atoms with van der Waals surface area (Å²) < 4.78 is 22.9. The zero-order chi connectivity index (χ0) is 29.1. The van der Waals surface area contributed by atoms with E-state index in [1.807, 2.05) is 50.2 Å². The molecule has 40 heavy (non-hydrogen) atoms. The van der Waals surface area contributed by atoms with E-state index in [0.29, 0.717) is 58.1 Å². The van der Waals surface area contributed by atoms with Crippen LogP contribution >= 0.6 is 0 Å². The predicted octanol–water partition coefficient (Wildman–Crippen LogP) is 10.1. The molecule has 3 aromatic rings. The molecule has 0 saturated carbocycles. The average molecular weight is 551 g/mol. The number of carbonyl (C=O) groups excluding carboxylic acids is 2. The highest BCUT2D eigenvalue weighted by atomic mass is 16.7. The molecule has 6 nitrogen and oxygen atoms in total. The molecule has 3 aromatic carbocycles. The Hall–Kier alpha value is -3.28. The van der Waals surface area contributed by atoms with Gasteiger partial charge in [0.05, 0.1) is 13.2 Å². The summed E-state index contributed by atoms with van der Waals surface area (Å²) in [7, 11) is 0. The van der Waals surface area contributed by atoms with Crippen molar-refractivity contribution in [3.63, 3.8) is 0 Å². The van der Waals surface area contributed by atoms with Crippen LogP contribution in [0.25, 0.3) is 21.5 Å². The van der Waals surface area contributed by atoms with Gasteiger partial charge in [-0.2, -0.15) is 0 Å². The minimum absolute atomic E-state index is 0.307. The van der Waals surface area contributed by atoms with Crippen LogP contribution in [-0.2, 0) is 9.47 Å². The fourth-order valence-electron chi connectivity index (χ4n) is 4.99. The fourth-order valence-corrected chi connectivity index (χ4v) is 4.99. The maximum absolute atomic E-state index is 12.9. The number of hydrogen-bond acceptors (Lipinski definition) is 6. The van der Waals surface area contributed by atoms with Crippen molar-refractivity contribution in [2.24, 2.45) is 11.8 Å². The molecule has 0 aliphatic heterocycles. The van der Waals surface area contributed by atoms with E-state index in [-0.39, 0.29) is 0 Å². The largest absolute Gasteiger partial charge is 0.513 e. The highest BCUT2D eigenvalue weighted by molar-refractivity contribution is 6.12. The summed E-state index contributed by atoms with van der Waals surface area (Å²) in [4.78, 5) is 25.8. The summed E-state index contributed by atoms with van der Waals surface area (Å²) in [6, 6.07) is 11.5. The van der Waals surface area contributed by atoms with E-state index in [1.54, 1.807) is 0 Å². The summed E-state index contributed by atoms with van der Waals surface area (Å²) in [6.45, 7) is 13.1. The number of rotatable bonds is 14. The van der Waals surface area contributed by atoms with Crippen LogP contribution in [0.15, 0.2) is 36.4 Å². The van der Waals surface area contributed by atoms with Gasteiger partial charge in [0.15, 0.2) is 0 Å². The van der Waals surface area contributed by atoms with Crippen molar-refractivity contribution < 1.29 is 28.5 Å². The minimum atomic E-state index is -0.732. The van der Waals surface area contributed by atoms with Crippen LogP contribution in [0.1, 0.15) is 90.2 Å². The van der Waals surface area contributed by atoms with E-state index in [4.69, 9.17) is 18.9 Å². The molecule has 6 heteroatoms. The normalized spacial score (nSPS) is 12.8. The standard InChI is InChI=1S/C34H46O6/c1-7-11-13-25(9-3)21-37-33(35)39-31-27-17-15-23(5)19-29(27)32(30-20-24(6)16-18-28(30)31)40-34(36)38-22-26(10-4)14-12-8-2/h15-20,25-26H,7-14,21-22H2,1-6H3. The second kappa shape index (κ2) is 15.5. The zero-order valence-electron chi connectivity index (χ0n) is 25.1. The Morgan fingerprint density at radius 2 is 1.02 bits per heavy atom. The number of carbonyl (C=O) groups is 2. The van der Waals surface area contributed by atoms with Gasteiger partial charge in [0.25, 0.3) is 0 Å². The number of aryl methyl sites for hydroxylation is 2. The predicted molar refractivity (Wildman–Crippen MR) is 161 cm³/mol. The number of fused-ring (bicyclic) bond motifs is 2. The molecule has 3 rings (SSSR count). The lowest BCUT2D eigenvalue weighted by Gasteiger charge is -2.19. The number of hydrogen-bond donors (Lipinski definition) is 0. The quantitative estimate of drug-likeness (QED) is 0.113. The molecule has 0 amide bonds. The van der Waals surface area contributed by atoms with Gasteiger partial charge in [0.1, 0.15) is 11.5 Å². The van der Waals surface area contributed by atoms with Crippen LogP contribution in [0.4, 0.5) is 9.59 Å². The van der Waals surface area contributed by atoms with Crippen molar-refractivity contribution in [1.29, 1.82) is 0 Å². The highest BCUT2D eigenvalue weighted by Gasteiger charge is 2.22. The summed E-state index contributed by atoms with van der Waals surface area (Å²) in [5.74, 6) is 1.40. The molecule has 0 N–H and O–H groups in total. The first-order valence-corrected chi connectivity index (χ1v) is 15.0. The molecule has 218 valence electrons. The van der Waals surface area contributed by atoms with Gasteiger partial charge >= 0.3 is 12.3 Å². The van der Waals surface area contributed by atoms with Crippen LogP contribution in [0, 0.1) is 25.7 Å². The van der Waals surface area contributed by atoms with Crippen LogP contribution in [-0.4, -0.2) is 25.5 Å². The Morgan fingerprint density at radius 1 is 0.625 bits per heavy atom. The van der Waals surface area contributed by atoms with Gasteiger partial charge in [-0.05, 0) is 50.7 Å². The Labute approximate surface area is 239 Å². The lowest BCUT2D eigenvalue weighted by atomic mass is 9.98. The van der Waals surface area contributed by atoms with Gasteiger partial charge in [0, 0.05) is 21.5 Å². The third kappa shape index (κ3) is 8.36. The van der Waals surface area contributed by atoms with E-state index >= 15 is 0 Å². The number of unbranched alkanes of at least 4 members (excludes halogenated alkanes) is 2. The van der Waals surface area contributed by atoms with Crippen molar-refractivity contribution in [2.75, 3.05) is 13.2 Å². The highest BCUT2D eigenvalue weighted by Crippen LogP contribution is 2.44. The summed E-state index contributed by atoms with van der Waals surface area (Å²) in [5.41, 5.74) is 1.97. The van der Waals surface area contributed by atoms with Crippen molar-refractivity contribution in [3.05, 3.63) is 47.5 Å². The Morgan fingerprint density at radius 3 is 1.40 bits per heavy atom. The fraction of sp³-hybridized carbons (Fsp3) is 0.529. The van der Waals surface area contributed by atoms with Crippen molar-refractivity contribution in [3.8, 4) is 11.5 Å². The number of ether oxygens (including phenoxy) is 4. The average Bonchev–Trinajstić information content (AvgIpc) is 2.94. The monoisotopic (exact) mass is 550 g/mol. The van der Waals surface area contributed by atoms with Crippen molar-refractivity contribution >= 4 is 33.9 Å². The van der Waals surface area contributed by atoms with Gasteiger partial charge < -0.3 is 18.9 Å². The molecule has 2 unspecified atom stereocenters. The molecule has 0 saturated heterocycles. The first-order chi connectivity index (χ1) is 19.3. The van der Waals surface area contributed by atoms with Crippen molar-refractivity contribution in [2.45, 2.75) is 92.9 Å². The maximum Gasteiger partial charge on any atom is 0.513 e. The topological polar surface area (TPSA) is 71.1 Å². The lowest BCUT2D eigenvalue weighted by Crippen LogP contribution is -2.18. The van der Waals surface area contributed by atoms with Gasteiger partial charge in [-0.15, -0.1) is 0 Å². The molecule has 0 aliphatic rings. The van der Waals surface area contributed by atoms with E-state index in [2.05, 4.69) is 27.7 Å². The van der Waals surface area contributed by atoms with E-state index in [0.717, 1.165) is 62.5 Å². The smallest absolute Gasteiger partial charge is 0.434 e. The molecular weight excluding hydrogens is 504 g/mol. The minimum Gasteiger partial charge on any atom is -0.434 e. The Kier molecular flexibility index (Phi) is 12.1. The van der Waals surface area contributed by atoms with Crippen LogP contribution in [0.3, 0.4) is 0 Å². The van der Waals surface area contributed by atoms with Gasteiger partial charge in [-0.3, -0.25) is 0 Å². The Balaban J connectivity index is 1.94. The summed E-state index contributed by atoms with van der Waals surface area (Å²) in [5, 5.41) is 2.67. The molecular formula is C34H46O6. The second-order valence-electron chi connectivity index (χ2n) is 10.9. The molecule has 0 spiro atoms. The molecule has 2 atom stereocenters. The number of benzene rings is 3. The summed E-state index contributed by atoms with van der Waals surface area (Å²) >= 11 is 0. The Bertz CT molecular complexity index is 1220. The molecule has 0 bridgehead atoms. The molecule has 0 fully saturated rings. The molecule has 0 aromatic heterocycles. The first-order valence-electron chi connectivity index (χ1n) is 15.0. The van der Waals surface area contributed by atoms with Gasteiger partial charge in [-0.1, -0.05) is 102 Å². The second-order valence-corrected chi connectivity index (χ2v) is 10.9. The zero-order valence-corrected chi connectivity index (χ0v) is 25.1. The van der Waals surface area contributed by atoms with E-state index in [9.17, 15) is 9.59 Å². The third-order valence-corrected chi connectivity index (χ3v) is 7.66. The van der Waals surface area contributed by atoms with Gasteiger partial charge in [0.2, 0.25) is 0 Å². The molecule has 0 heterocycles. The molecule has 0 radical (unpaired) electrons. The summed E-state index contributed by atoms with van der Waals surface area (Å²) in [6.07, 6.45) is 6.88. The van der Waals surface area contributed by atoms with Crippen LogP contribution < -0.4 is 9.47 Å². The molecule has 0 aliphatic carbocycles. The first kappa shape index (κ1) is 31.3. The van der Waals surface area contributed by atoms with E-state index in [1.165, 1.54) is 0 Å². The van der Waals surface area contributed by atoms with Crippen LogP contribution in [0.2, 0.25) is 0 Å². The maximum atomic E-state index is 12.9. The third-order valence-electron chi connectivity index (χ3n) is 7.66. The van der Waals surface area contributed by atoms with Crippen LogP contribution in [0.5, 0.6) is 11.5 Å². The van der Waals surface area contributed by atoms with E-state index < -0.39 is 12.3 Å². The van der Waals surface area contributed by atoms with Gasteiger partial charge in [-0.25, -0.2) is 9.59 Å². The lowest BCUT2D eigenvalue weighted by molar-refractivity contribution is 0.0805. The SMILES string of the molecule is CCCCC(CC)COC(=O)Oc1c2ccc(C)cc2c(OC(=O)OCC(CC)CCCC)c2cc(C)ccc12. The van der Waals surface area contributed by atoms with Crippen molar-refractivity contribution in [1.82, 2.24) is 0 Å².